The highest BCUT2D eigenvalue weighted by molar-refractivity contribution is 7.92. The van der Waals surface area contributed by atoms with Gasteiger partial charge in [-0.1, -0.05) is 82.0 Å². The third-order valence-corrected chi connectivity index (χ3v) is 10.4. The van der Waals surface area contributed by atoms with Crippen LogP contribution in [0.2, 0.25) is 0 Å². The number of hydrogen-bond donors (Lipinski definition) is 1. The van der Waals surface area contributed by atoms with Gasteiger partial charge in [-0.15, -0.1) is 0 Å². The van der Waals surface area contributed by atoms with E-state index in [1.165, 1.54) is 4.90 Å². The summed E-state index contributed by atoms with van der Waals surface area (Å²) in [4.78, 5) is 29.7. The Kier molecular flexibility index (Phi) is 11.7. The molecule has 1 saturated carbocycles. The molecule has 0 saturated heterocycles. The minimum atomic E-state index is -4.12. The SMILES string of the molecule is CCC(C(=O)NC1CCCCC1)N(Cc1ccc(OC)cc1)C(=O)CN(c1ccc(C(C)C)cc1)S(=O)(=O)c1ccc(C)cc1. The topological polar surface area (TPSA) is 96.0 Å². The van der Waals surface area contributed by atoms with Gasteiger partial charge in [-0.2, -0.15) is 0 Å². The molecule has 0 aliphatic heterocycles. The molecule has 1 atom stereocenters. The van der Waals surface area contributed by atoms with E-state index in [2.05, 4.69) is 19.2 Å². The fraction of sp³-hybridized carbons (Fsp3) is 0.444. The van der Waals surface area contributed by atoms with Gasteiger partial charge in [0.05, 0.1) is 17.7 Å². The number of benzene rings is 3. The van der Waals surface area contributed by atoms with Crippen LogP contribution in [0.4, 0.5) is 5.69 Å². The first-order valence-corrected chi connectivity index (χ1v) is 17.4. The molecule has 1 fully saturated rings. The largest absolute Gasteiger partial charge is 0.497 e. The highest BCUT2D eigenvalue weighted by Gasteiger charge is 2.34. The number of carbonyl (C=O) groups is 2. The van der Waals surface area contributed by atoms with Gasteiger partial charge < -0.3 is 15.0 Å². The lowest BCUT2D eigenvalue weighted by Crippen LogP contribution is -2.54. The molecule has 1 unspecified atom stereocenters. The lowest BCUT2D eigenvalue weighted by atomic mass is 9.95. The van der Waals surface area contributed by atoms with Crippen LogP contribution in [-0.2, 0) is 26.2 Å². The zero-order valence-corrected chi connectivity index (χ0v) is 28.0. The summed E-state index contributed by atoms with van der Waals surface area (Å²) in [6, 6.07) is 20.5. The molecule has 0 heterocycles. The van der Waals surface area contributed by atoms with Crippen LogP contribution in [0.5, 0.6) is 5.75 Å². The van der Waals surface area contributed by atoms with Crippen molar-refractivity contribution in [3.05, 3.63) is 89.5 Å². The van der Waals surface area contributed by atoms with Crippen LogP contribution in [0.3, 0.4) is 0 Å². The molecule has 1 aliphatic rings. The first kappa shape index (κ1) is 34.0. The summed E-state index contributed by atoms with van der Waals surface area (Å²) >= 11 is 0. The van der Waals surface area contributed by atoms with E-state index in [-0.39, 0.29) is 29.3 Å². The number of rotatable bonds is 13. The Balaban J connectivity index is 1.71. The Morgan fingerprint density at radius 3 is 2.09 bits per heavy atom. The van der Waals surface area contributed by atoms with Gasteiger partial charge in [-0.05, 0) is 79.6 Å². The zero-order chi connectivity index (χ0) is 32.6. The van der Waals surface area contributed by atoms with Crippen LogP contribution in [-0.4, -0.2) is 50.9 Å². The number of nitrogens with one attached hydrogen (secondary N) is 1. The zero-order valence-electron chi connectivity index (χ0n) is 27.2. The smallest absolute Gasteiger partial charge is 0.264 e. The van der Waals surface area contributed by atoms with Gasteiger partial charge in [0.25, 0.3) is 10.0 Å². The van der Waals surface area contributed by atoms with Crippen LogP contribution in [0.15, 0.2) is 77.7 Å². The van der Waals surface area contributed by atoms with E-state index in [1.807, 2.05) is 50.2 Å². The lowest BCUT2D eigenvalue weighted by Gasteiger charge is -2.34. The van der Waals surface area contributed by atoms with Crippen molar-refractivity contribution in [3.8, 4) is 5.75 Å². The van der Waals surface area contributed by atoms with E-state index in [9.17, 15) is 18.0 Å². The van der Waals surface area contributed by atoms with Gasteiger partial charge in [0, 0.05) is 12.6 Å². The standard InChI is InChI=1S/C36H47N3O5S/c1-6-34(36(41)37-30-10-8-7-9-11-30)38(24-28-14-20-32(44-5)21-15-28)35(40)25-39(31-18-16-29(17-19-31)26(2)3)45(42,43)33-22-12-27(4)13-23-33/h12-23,26,30,34H,6-11,24-25H2,1-5H3,(H,37,41). The summed E-state index contributed by atoms with van der Waals surface area (Å²) in [6.07, 6.45) is 5.52. The van der Waals surface area contributed by atoms with Crippen molar-refractivity contribution >= 4 is 27.5 Å². The fourth-order valence-electron chi connectivity index (χ4n) is 5.78. The van der Waals surface area contributed by atoms with Gasteiger partial charge in [0.2, 0.25) is 11.8 Å². The number of hydrogen-bond acceptors (Lipinski definition) is 5. The predicted molar refractivity (Wildman–Crippen MR) is 179 cm³/mol. The lowest BCUT2D eigenvalue weighted by molar-refractivity contribution is -0.140. The fourth-order valence-corrected chi connectivity index (χ4v) is 7.20. The van der Waals surface area contributed by atoms with Crippen LogP contribution in [0, 0.1) is 6.92 Å². The van der Waals surface area contributed by atoms with E-state index >= 15 is 0 Å². The number of ether oxygens (including phenoxy) is 1. The molecule has 3 aromatic carbocycles. The molecular formula is C36H47N3O5S. The third-order valence-electron chi connectivity index (χ3n) is 8.59. The second-order valence-electron chi connectivity index (χ2n) is 12.2. The number of nitrogens with zero attached hydrogens (tertiary/aromatic N) is 2. The molecular weight excluding hydrogens is 586 g/mol. The highest BCUT2D eigenvalue weighted by Crippen LogP contribution is 2.27. The molecule has 1 N–H and O–H groups in total. The number of amides is 2. The first-order valence-electron chi connectivity index (χ1n) is 16.0. The summed E-state index contributed by atoms with van der Waals surface area (Å²) in [5.41, 5.74) is 3.18. The summed E-state index contributed by atoms with van der Waals surface area (Å²) in [5, 5.41) is 3.19. The predicted octanol–water partition coefficient (Wildman–Crippen LogP) is 6.58. The van der Waals surface area contributed by atoms with E-state index in [0.717, 1.165) is 53.1 Å². The molecule has 45 heavy (non-hydrogen) atoms. The Morgan fingerprint density at radius 2 is 1.53 bits per heavy atom. The molecule has 1 aliphatic carbocycles. The van der Waals surface area contributed by atoms with Crippen LogP contribution < -0.4 is 14.4 Å². The quantitative estimate of drug-likeness (QED) is 0.230. The van der Waals surface area contributed by atoms with Gasteiger partial charge in [-0.3, -0.25) is 13.9 Å². The molecule has 3 aromatic rings. The Bertz CT molecular complexity index is 1510. The number of methoxy groups -OCH3 is 1. The van der Waals surface area contributed by atoms with Crippen molar-refractivity contribution in [2.24, 2.45) is 0 Å². The van der Waals surface area contributed by atoms with Crippen molar-refractivity contribution in [1.82, 2.24) is 10.2 Å². The summed E-state index contributed by atoms with van der Waals surface area (Å²) in [6.45, 7) is 7.59. The maximum atomic E-state index is 14.4. The van der Waals surface area contributed by atoms with Crippen molar-refractivity contribution in [2.45, 2.75) is 95.7 Å². The van der Waals surface area contributed by atoms with Crippen molar-refractivity contribution < 1.29 is 22.7 Å². The average molecular weight is 634 g/mol. The van der Waals surface area contributed by atoms with E-state index in [0.29, 0.717) is 17.9 Å². The van der Waals surface area contributed by atoms with Crippen LogP contribution >= 0.6 is 0 Å². The molecule has 9 heteroatoms. The van der Waals surface area contributed by atoms with E-state index in [4.69, 9.17) is 4.74 Å². The minimum absolute atomic E-state index is 0.0797. The van der Waals surface area contributed by atoms with Gasteiger partial charge in [0.1, 0.15) is 18.3 Å². The van der Waals surface area contributed by atoms with Gasteiger partial charge in [-0.25, -0.2) is 8.42 Å². The molecule has 242 valence electrons. The molecule has 8 nitrogen and oxygen atoms in total. The summed E-state index contributed by atoms with van der Waals surface area (Å²) in [7, 11) is -2.53. The van der Waals surface area contributed by atoms with E-state index < -0.39 is 28.5 Å². The Labute approximate surface area is 268 Å². The van der Waals surface area contributed by atoms with Crippen LogP contribution in [0.25, 0.3) is 0 Å². The number of carbonyl (C=O) groups excluding carboxylic acids is 2. The summed E-state index contributed by atoms with van der Waals surface area (Å²) < 4.78 is 34.8. The second-order valence-corrected chi connectivity index (χ2v) is 14.1. The summed E-state index contributed by atoms with van der Waals surface area (Å²) in [5.74, 6) is 0.273. The molecule has 0 bridgehead atoms. The van der Waals surface area contributed by atoms with Gasteiger partial charge >= 0.3 is 0 Å². The number of sulfonamides is 1. The normalized spacial score (nSPS) is 14.5. The van der Waals surface area contributed by atoms with Gasteiger partial charge in [0.15, 0.2) is 0 Å². The third kappa shape index (κ3) is 8.66. The molecule has 0 spiro atoms. The minimum Gasteiger partial charge on any atom is -0.497 e. The second kappa shape index (κ2) is 15.4. The van der Waals surface area contributed by atoms with Crippen molar-refractivity contribution in [1.29, 1.82) is 0 Å². The van der Waals surface area contributed by atoms with Crippen molar-refractivity contribution in [3.63, 3.8) is 0 Å². The van der Waals surface area contributed by atoms with Crippen molar-refractivity contribution in [2.75, 3.05) is 18.0 Å². The maximum Gasteiger partial charge on any atom is 0.264 e. The van der Waals surface area contributed by atoms with Crippen LogP contribution in [0.1, 0.15) is 81.9 Å². The molecule has 2 amide bonds. The Hall–Kier alpha value is -3.85. The molecule has 4 rings (SSSR count). The Morgan fingerprint density at radius 1 is 0.911 bits per heavy atom. The molecule has 0 radical (unpaired) electrons. The average Bonchev–Trinajstić information content (AvgIpc) is 3.04. The number of aryl methyl sites for hydroxylation is 1. The highest BCUT2D eigenvalue weighted by atomic mass is 32.2. The van der Waals surface area contributed by atoms with E-state index in [1.54, 1.807) is 43.5 Å². The maximum absolute atomic E-state index is 14.4. The number of anilines is 1. The first-order chi connectivity index (χ1) is 21.5. The molecule has 0 aromatic heterocycles. The monoisotopic (exact) mass is 633 g/mol.